The minimum absolute atomic E-state index is 0.0549. The lowest BCUT2D eigenvalue weighted by atomic mass is 10.0. The van der Waals surface area contributed by atoms with Gasteiger partial charge in [0.2, 0.25) is 12.7 Å². The van der Waals surface area contributed by atoms with Crippen LogP contribution in [0.3, 0.4) is 0 Å². The maximum absolute atomic E-state index is 12.8. The number of amides is 3. The number of carboxylic acid groups (broad SMARTS) is 1. The molecule has 1 aromatic heterocycles. The third-order valence-corrected chi connectivity index (χ3v) is 6.37. The molecule has 182 valence electrons. The average Bonchev–Trinajstić information content (AvgIpc) is 3.55. The van der Waals surface area contributed by atoms with Crippen LogP contribution in [0.5, 0.6) is 11.5 Å². The van der Waals surface area contributed by atoms with E-state index in [4.69, 9.17) is 13.9 Å². The largest absolute Gasteiger partial charge is 0.545 e. The Balaban J connectivity index is 1.27. The molecule has 3 aromatic rings. The molecular weight excluding hydrogens is 488 g/mol. The van der Waals surface area contributed by atoms with Gasteiger partial charge in [-0.2, -0.15) is 0 Å². The van der Waals surface area contributed by atoms with Gasteiger partial charge in [-0.05, 0) is 60.1 Å². The van der Waals surface area contributed by atoms with Gasteiger partial charge in [0.25, 0.3) is 11.1 Å². The van der Waals surface area contributed by atoms with E-state index in [2.05, 4.69) is 5.32 Å². The van der Waals surface area contributed by atoms with Crippen molar-refractivity contribution in [3.8, 4) is 22.8 Å². The summed E-state index contributed by atoms with van der Waals surface area (Å²) in [4.78, 5) is 49.7. The van der Waals surface area contributed by atoms with E-state index in [0.717, 1.165) is 4.90 Å². The van der Waals surface area contributed by atoms with Crippen LogP contribution in [0.15, 0.2) is 57.9 Å². The van der Waals surface area contributed by atoms with Crippen molar-refractivity contribution in [3.05, 3.63) is 70.3 Å². The summed E-state index contributed by atoms with van der Waals surface area (Å²) in [5, 5.41) is 13.1. The lowest BCUT2D eigenvalue weighted by Crippen LogP contribution is -2.36. The summed E-state index contributed by atoms with van der Waals surface area (Å²) in [7, 11) is 0. The Labute approximate surface area is 208 Å². The molecule has 0 radical (unpaired) electrons. The van der Waals surface area contributed by atoms with Gasteiger partial charge in [-0.1, -0.05) is 12.1 Å². The highest BCUT2D eigenvalue weighted by atomic mass is 32.2. The van der Waals surface area contributed by atoms with E-state index in [9.17, 15) is 24.3 Å². The monoisotopic (exact) mass is 505 g/mol. The number of nitrogens with one attached hydrogen (secondary N) is 1. The summed E-state index contributed by atoms with van der Waals surface area (Å²) in [6.07, 6.45) is 1.43. The number of fused-ring (bicyclic) bond motifs is 1. The van der Waals surface area contributed by atoms with Crippen LogP contribution in [-0.2, 0) is 9.59 Å². The molecule has 0 unspecified atom stereocenters. The molecule has 0 aliphatic carbocycles. The highest BCUT2D eigenvalue weighted by Gasteiger charge is 2.36. The van der Waals surface area contributed by atoms with Crippen LogP contribution >= 0.6 is 11.8 Å². The number of carbonyl (C=O) groups is 4. The van der Waals surface area contributed by atoms with Crippen LogP contribution in [-0.4, -0.2) is 41.3 Å². The second-order valence-corrected chi connectivity index (χ2v) is 8.90. The minimum Gasteiger partial charge on any atom is -0.545 e. The normalized spacial score (nSPS) is 15.6. The molecular formula is C25H17N2O8S-. The Morgan fingerprint density at radius 2 is 1.89 bits per heavy atom. The number of carbonyl (C=O) groups excluding carboxylic acids is 4. The van der Waals surface area contributed by atoms with Crippen molar-refractivity contribution in [2.45, 2.75) is 6.92 Å². The average molecular weight is 505 g/mol. The number of imide groups is 1. The molecule has 2 aliphatic rings. The first-order valence-electron chi connectivity index (χ1n) is 10.7. The van der Waals surface area contributed by atoms with E-state index in [0.29, 0.717) is 51.6 Å². The van der Waals surface area contributed by atoms with Gasteiger partial charge >= 0.3 is 0 Å². The molecule has 2 aromatic carbocycles. The van der Waals surface area contributed by atoms with E-state index < -0.39 is 29.6 Å². The Morgan fingerprint density at radius 1 is 1.08 bits per heavy atom. The predicted octanol–water partition coefficient (Wildman–Crippen LogP) is 3.02. The molecule has 0 saturated carbocycles. The summed E-state index contributed by atoms with van der Waals surface area (Å²) in [6, 6.07) is 12.7. The molecule has 1 saturated heterocycles. The van der Waals surface area contributed by atoms with Crippen molar-refractivity contribution in [2.24, 2.45) is 0 Å². The number of aromatic carboxylic acids is 1. The third-order valence-electron chi connectivity index (χ3n) is 5.46. The first-order chi connectivity index (χ1) is 17.3. The first kappa shape index (κ1) is 23.2. The highest BCUT2D eigenvalue weighted by Crippen LogP contribution is 2.35. The van der Waals surface area contributed by atoms with Crippen LogP contribution < -0.4 is 19.9 Å². The predicted molar refractivity (Wildman–Crippen MR) is 127 cm³/mol. The molecule has 3 heterocycles. The molecule has 1 N–H and O–H groups in total. The van der Waals surface area contributed by atoms with Crippen molar-refractivity contribution < 1.29 is 38.2 Å². The van der Waals surface area contributed by atoms with Crippen molar-refractivity contribution in [1.82, 2.24) is 4.90 Å². The van der Waals surface area contributed by atoms with E-state index in [1.54, 1.807) is 43.3 Å². The van der Waals surface area contributed by atoms with E-state index in [1.807, 2.05) is 0 Å². The smallest absolute Gasteiger partial charge is 0.294 e. The summed E-state index contributed by atoms with van der Waals surface area (Å²) < 4.78 is 16.3. The molecule has 1 fully saturated rings. The second kappa shape index (κ2) is 9.27. The molecule has 10 nitrogen and oxygen atoms in total. The zero-order valence-corrected chi connectivity index (χ0v) is 19.5. The van der Waals surface area contributed by atoms with Gasteiger partial charge in [-0.25, -0.2) is 0 Å². The van der Waals surface area contributed by atoms with Crippen molar-refractivity contribution in [2.75, 3.05) is 18.7 Å². The molecule has 0 spiro atoms. The minimum atomic E-state index is -1.27. The van der Waals surface area contributed by atoms with Gasteiger partial charge < -0.3 is 29.1 Å². The van der Waals surface area contributed by atoms with Crippen LogP contribution in [0.4, 0.5) is 10.5 Å². The van der Waals surface area contributed by atoms with Gasteiger partial charge in [0.15, 0.2) is 11.5 Å². The van der Waals surface area contributed by atoms with E-state index >= 15 is 0 Å². The summed E-state index contributed by atoms with van der Waals surface area (Å²) in [5.41, 5.74) is 1.84. The number of carboxylic acids is 1. The second-order valence-electron chi connectivity index (χ2n) is 7.90. The fourth-order valence-corrected chi connectivity index (χ4v) is 4.54. The lowest BCUT2D eigenvalue weighted by molar-refractivity contribution is -0.255. The Hall–Kier alpha value is -4.51. The number of furan rings is 1. The number of thioether (sulfide) groups is 1. The number of nitrogens with zero attached hydrogens (tertiary/aromatic N) is 1. The van der Waals surface area contributed by atoms with Crippen molar-refractivity contribution in [3.63, 3.8) is 0 Å². The molecule has 0 bridgehead atoms. The number of rotatable bonds is 6. The highest BCUT2D eigenvalue weighted by molar-refractivity contribution is 8.18. The quantitative estimate of drug-likeness (QED) is 0.501. The van der Waals surface area contributed by atoms with E-state index in [-0.39, 0.29) is 17.3 Å². The number of anilines is 1. The number of aryl methyl sites for hydroxylation is 1. The van der Waals surface area contributed by atoms with Crippen LogP contribution in [0, 0.1) is 6.92 Å². The van der Waals surface area contributed by atoms with E-state index in [1.165, 1.54) is 18.2 Å². The topological polar surface area (TPSA) is 138 Å². The summed E-state index contributed by atoms with van der Waals surface area (Å²) in [6.45, 7) is 1.38. The molecule has 3 amide bonds. The SMILES string of the molecule is Cc1cc(C(=O)[O-])ccc1-c1ccc(/C=C2\SC(=O)N(CC(=O)Nc3ccc4c(c3)OCO4)C2=O)o1. The fraction of sp³-hybridized carbons (Fsp3) is 0.120. The zero-order valence-electron chi connectivity index (χ0n) is 18.7. The molecule has 11 heteroatoms. The van der Waals surface area contributed by atoms with Crippen molar-refractivity contribution in [1.29, 1.82) is 0 Å². The number of ether oxygens (including phenoxy) is 2. The standard InChI is InChI=1S/C25H18N2O8S/c1-13-8-14(24(30)31)2-5-17(13)18-7-4-16(35-18)10-21-23(29)27(25(32)36-21)11-22(28)26-15-3-6-19-20(9-15)34-12-33-19/h2-10H,11-12H2,1H3,(H,26,28)(H,30,31)/p-1/b21-10-. The van der Waals surface area contributed by atoms with Gasteiger partial charge in [0, 0.05) is 23.4 Å². The maximum atomic E-state index is 12.8. The van der Waals surface area contributed by atoms with Gasteiger partial charge in [-0.15, -0.1) is 0 Å². The Bertz CT molecular complexity index is 1460. The van der Waals surface area contributed by atoms with Crippen LogP contribution in [0.1, 0.15) is 21.7 Å². The van der Waals surface area contributed by atoms with Gasteiger partial charge in [0.05, 0.1) is 10.9 Å². The number of hydrogen-bond acceptors (Lipinski definition) is 9. The zero-order chi connectivity index (χ0) is 25.4. The Kier molecular flexibility index (Phi) is 5.98. The van der Waals surface area contributed by atoms with Gasteiger partial charge in [0.1, 0.15) is 18.1 Å². The summed E-state index contributed by atoms with van der Waals surface area (Å²) in [5.74, 6) is -0.592. The Morgan fingerprint density at radius 3 is 2.67 bits per heavy atom. The number of hydrogen-bond donors (Lipinski definition) is 1. The maximum Gasteiger partial charge on any atom is 0.294 e. The van der Waals surface area contributed by atoms with Crippen LogP contribution in [0.25, 0.3) is 17.4 Å². The summed E-state index contributed by atoms with van der Waals surface area (Å²) >= 11 is 0.704. The van der Waals surface area contributed by atoms with Crippen LogP contribution in [0.2, 0.25) is 0 Å². The molecule has 0 atom stereocenters. The third kappa shape index (κ3) is 4.56. The lowest BCUT2D eigenvalue weighted by Gasteiger charge is -2.12. The molecule has 2 aliphatic heterocycles. The molecule has 36 heavy (non-hydrogen) atoms. The van der Waals surface area contributed by atoms with Gasteiger partial charge in [-0.3, -0.25) is 19.3 Å². The fourth-order valence-electron chi connectivity index (χ4n) is 3.73. The van der Waals surface area contributed by atoms with Crippen molar-refractivity contribution >= 4 is 46.5 Å². The molecule has 5 rings (SSSR count). The first-order valence-corrected chi connectivity index (χ1v) is 11.5. The number of benzene rings is 2.